The number of nitrogens with one attached hydrogen (secondary N) is 1. The quantitative estimate of drug-likeness (QED) is 0.208. The van der Waals surface area contributed by atoms with E-state index in [0.717, 1.165) is 28.7 Å². The molecule has 1 saturated heterocycles. The summed E-state index contributed by atoms with van der Waals surface area (Å²) in [7, 11) is 2.64. The predicted octanol–water partition coefficient (Wildman–Crippen LogP) is 2.59. The molecule has 5 heterocycles. The number of methoxy groups -OCH3 is 2. The van der Waals surface area contributed by atoms with Crippen molar-refractivity contribution in [2.75, 3.05) is 14.2 Å². The van der Waals surface area contributed by atoms with Crippen molar-refractivity contribution in [3.63, 3.8) is 0 Å². The van der Waals surface area contributed by atoms with Crippen LogP contribution in [0.1, 0.15) is 72.0 Å². The number of carbonyl (C=O) groups excluding carboxylic acids is 4. The number of nitrogens with zero attached hydrogens (tertiary/aromatic N) is 3. The van der Waals surface area contributed by atoms with E-state index in [2.05, 4.69) is 18.8 Å². The van der Waals surface area contributed by atoms with E-state index in [9.17, 15) is 19.2 Å². The van der Waals surface area contributed by atoms with Gasteiger partial charge in [0.05, 0.1) is 20.3 Å². The van der Waals surface area contributed by atoms with Crippen LogP contribution >= 0.6 is 0 Å². The summed E-state index contributed by atoms with van der Waals surface area (Å²) in [6, 6.07) is -0.487. The fraction of sp³-hybridized carbons (Fsp3) is 0.389. The molecule has 1 N–H and O–H groups in total. The van der Waals surface area contributed by atoms with Crippen LogP contribution in [-0.2, 0) is 30.3 Å². The van der Waals surface area contributed by atoms with Gasteiger partial charge in [-0.3, -0.25) is 19.2 Å². The first-order chi connectivity index (χ1) is 22.1. The minimum atomic E-state index is -1.14. The molecule has 47 heavy (non-hydrogen) atoms. The Labute approximate surface area is 289 Å². The number of hydrogen-bond acceptors (Lipinski definition) is 7. The van der Waals surface area contributed by atoms with E-state index < -0.39 is 23.8 Å². The summed E-state index contributed by atoms with van der Waals surface area (Å²) in [5.74, 6) is -3.40. The number of Topliss-reactive ketones (excluding diaryl/α,β-unsaturated/α-hetero) is 1. The molecule has 0 radical (unpaired) electrons. The second kappa shape index (κ2) is 13.2. The number of fused-ring (bicyclic) bond motifs is 8. The number of aromatic nitrogens is 2. The third-order valence-electron chi connectivity index (χ3n) is 10.1. The molecule has 3 aliphatic heterocycles. The molecule has 4 aliphatic rings. The maximum atomic E-state index is 14.1. The Morgan fingerprint density at radius 3 is 2.43 bits per heavy atom. The van der Waals surface area contributed by atoms with Gasteiger partial charge in [-0.25, -0.2) is 0 Å². The Bertz CT molecular complexity index is 1930. The number of carbonyl (C=O) groups is 4. The zero-order valence-corrected chi connectivity index (χ0v) is 29.0. The topological polar surface area (TPSA) is 141 Å². The van der Waals surface area contributed by atoms with Crippen molar-refractivity contribution < 1.29 is 28.7 Å². The molecule has 0 saturated carbocycles. The molecular weight excluding hydrogens is 609 g/mol. The summed E-state index contributed by atoms with van der Waals surface area (Å²) >= 11 is 0. The second-order valence-corrected chi connectivity index (χ2v) is 12.3. The molecule has 1 fully saturated rings. The van der Waals surface area contributed by atoms with E-state index in [0.29, 0.717) is 63.0 Å². The third kappa shape index (κ3) is 5.43. The minimum absolute atomic E-state index is 0. The Kier molecular flexibility index (Phi) is 9.61. The van der Waals surface area contributed by atoms with Crippen molar-refractivity contribution in [2.24, 2.45) is 23.7 Å². The van der Waals surface area contributed by atoms with Crippen molar-refractivity contribution in [3.05, 3.63) is 84.5 Å². The van der Waals surface area contributed by atoms with Crippen LogP contribution in [0.3, 0.4) is 0 Å². The fourth-order valence-electron chi connectivity index (χ4n) is 7.55. The molecule has 11 heteroatoms. The number of allylic oxidation sites excluding steroid dienone is 3. The van der Waals surface area contributed by atoms with Gasteiger partial charge in [-0.15, -0.1) is 33.5 Å². The smallest absolute Gasteiger partial charge is 0.660 e. The van der Waals surface area contributed by atoms with E-state index in [4.69, 9.17) is 24.8 Å². The van der Waals surface area contributed by atoms with Crippen LogP contribution in [0.25, 0.3) is 29.6 Å². The molecule has 1 aliphatic carbocycles. The molecule has 2 aromatic rings. The number of esters is 2. The summed E-state index contributed by atoms with van der Waals surface area (Å²) in [4.78, 5) is 61.9. The van der Waals surface area contributed by atoms with Crippen LogP contribution < -0.4 is 26.0 Å². The van der Waals surface area contributed by atoms with E-state index in [-0.39, 0.29) is 53.1 Å². The SMILES string of the molecule is C=Cc1c2[n-]c(c1C)/C=C1/NC(C3=C4[N-]C(=C(C)C4C(=O)[C@@H]3C(=O)OC)/C=c3\[n-]/c(c(C=O)c3CC)=C\2)[C@@H](CCC(=O)OC)[C@@H]1C.[Mg+2]. The van der Waals surface area contributed by atoms with Crippen molar-refractivity contribution in [1.29, 1.82) is 0 Å². The zero-order chi connectivity index (χ0) is 33.0. The van der Waals surface area contributed by atoms with Gasteiger partial charge in [0, 0.05) is 29.5 Å². The first-order valence-corrected chi connectivity index (χ1v) is 15.5. The first-order valence-electron chi connectivity index (χ1n) is 15.5. The first kappa shape index (κ1) is 34.2. The summed E-state index contributed by atoms with van der Waals surface area (Å²) in [6.07, 6.45) is 9.37. The van der Waals surface area contributed by atoms with E-state index in [1.165, 1.54) is 14.2 Å². The van der Waals surface area contributed by atoms with Crippen molar-refractivity contribution in [2.45, 2.75) is 53.0 Å². The fourth-order valence-corrected chi connectivity index (χ4v) is 7.55. The molecule has 240 valence electrons. The zero-order valence-electron chi connectivity index (χ0n) is 27.6. The molecule has 2 unspecified atom stereocenters. The Morgan fingerprint density at radius 2 is 1.79 bits per heavy atom. The normalized spacial score (nSPS) is 26.6. The van der Waals surface area contributed by atoms with Crippen LogP contribution in [0.2, 0.25) is 0 Å². The van der Waals surface area contributed by atoms with Gasteiger partial charge in [-0.1, -0.05) is 61.4 Å². The molecule has 8 bridgehead atoms. The van der Waals surface area contributed by atoms with Crippen LogP contribution in [0.5, 0.6) is 0 Å². The van der Waals surface area contributed by atoms with Gasteiger partial charge in [-0.05, 0) is 43.7 Å². The van der Waals surface area contributed by atoms with Crippen LogP contribution in [0.15, 0.2) is 34.8 Å². The number of ether oxygens (including phenoxy) is 2. The summed E-state index contributed by atoms with van der Waals surface area (Å²) in [5, 5.41) is 9.73. The molecule has 10 nitrogen and oxygen atoms in total. The maximum absolute atomic E-state index is 14.1. The number of ketones is 1. The summed E-state index contributed by atoms with van der Waals surface area (Å²) < 4.78 is 10.1. The molecule has 6 rings (SSSR count). The van der Waals surface area contributed by atoms with Gasteiger partial charge >= 0.3 is 35.0 Å². The van der Waals surface area contributed by atoms with E-state index >= 15 is 0 Å². The third-order valence-corrected chi connectivity index (χ3v) is 10.1. The molecule has 2 aromatic heterocycles. The summed E-state index contributed by atoms with van der Waals surface area (Å²) in [5.41, 5.74) is 7.57. The van der Waals surface area contributed by atoms with E-state index in [1.54, 1.807) is 6.08 Å². The summed E-state index contributed by atoms with van der Waals surface area (Å²) in [6.45, 7) is 11.9. The molecular formula is C36H37MgN4O6-. The molecule has 0 aromatic carbocycles. The van der Waals surface area contributed by atoms with Gasteiger partial charge in [0.2, 0.25) is 0 Å². The minimum Gasteiger partial charge on any atom is -0.660 e. The Morgan fingerprint density at radius 1 is 1.04 bits per heavy atom. The Hall–Kier alpha value is -4.09. The largest absolute Gasteiger partial charge is 2.00 e. The molecule has 0 amide bonds. The molecule has 0 spiro atoms. The van der Waals surface area contributed by atoms with E-state index in [1.807, 2.05) is 39.0 Å². The van der Waals surface area contributed by atoms with Gasteiger partial charge in [0.15, 0.2) is 5.78 Å². The number of aldehydes is 1. The number of hydrogen-bond donors (Lipinski definition) is 1. The number of rotatable bonds is 7. The van der Waals surface area contributed by atoms with Crippen molar-refractivity contribution in [3.8, 4) is 0 Å². The second-order valence-electron chi connectivity index (χ2n) is 12.3. The predicted molar refractivity (Wildman–Crippen MR) is 178 cm³/mol. The van der Waals surface area contributed by atoms with Crippen LogP contribution in [0, 0.1) is 30.6 Å². The van der Waals surface area contributed by atoms with Crippen molar-refractivity contribution >= 4 is 71.4 Å². The monoisotopic (exact) mass is 645 g/mol. The van der Waals surface area contributed by atoms with Gasteiger partial charge in [0.1, 0.15) is 12.2 Å². The standard InChI is InChI=1S/C36H37N4O6.Mg/c1-8-19-16(3)23-12-24-17(4)21(10-11-29(42)45-6)33(39-24)31-32(36(44)46-7)35(43)30-18(5)25(40-34(30)31)13-27-20(9-2)22(15-41)28(38-27)14-26(19)37-23;/h8,12-15,17,21,30,32-33,39H,1,9-11H2,2-7H3;/q-3;+2/b24-12+,27-13-,28-14-;/t17-,21-,30?,32+,33?;/m0./s1. The van der Waals surface area contributed by atoms with Crippen LogP contribution in [0.4, 0.5) is 0 Å². The average molecular weight is 646 g/mol. The van der Waals surface area contributed by atoms with Gasteiger partial charge in [0.25, 0.3) is 0 Å². The van der Waals surface area contributed by atoms with Gasteiger partial charge in [-0.2, -0.15) is 0 Å². The van der Waals surface area contributed by atoms with Gasteiger partial charge < -0.3 is 30.1 Å². The Balaban J connectivity index is 0.00000433. The molecule has 5 atom stereocenters. The van der Waals surface area contributed by atoms with Crippen molar-refractivity contribution in [1.82, 2.24) is 15.3 Å². The average Bonchev–Trinajstić information content (AvgIpc) is 3.79. The van der Waals surface area contributed by atoms with Crippen LogP contribution in [-0.4, -0.2) is 67.3 Å². The maximum Gasteiger partial charge on any atom is 2.00 e.